The van der Waals surface area contributed by atoms with E-state index in [1.807, 2.05) is 6.26 Å². The Morgan fingerprint density at radius 1 is 0.854 bits per heavy atom. The van der Waals surface area contributed by atoms with E-state index in [1.165, 1.54) is 48.9 Å². The molecular weight excluding hydrogens is 552 g/mol. The van der Waals surface area contributed by atoms with Gasteiger partial charge in [-0.3, -0.25) is 14.4 Å². The Balaban J connectivity index is 1.81. The van der Waals surface area contributed by atoms with Crippen molar-refractivity contribution in [2.75, 3.05) is 12.0 Å². The Morgan fingerprint density at radius 3 is 1.88 bits per heavy atom. The molecule has 2 aromatic heterocycles. The van der Waals surface area contributed by atoms with Crippen LogP contribution >= 0.6 is 11.8 Å². The highest BCUT2D eigenvalue weighted by Gasteiger charge is 2.31. The van der Waals surface area contributed by atoms with Gasteiger partial charge in [0, 0.05) is 43.0 Å². The first-order valence-corrected chi connectivity index (χ1v) is 14.2. The number of benzene rings is 1. The first-order chi connectivity index (χ1) is 19.7. The number of aromatic hydroxyl groups is 1. The molecule has 0 spiro atoms. The number of imidazole rings is 2. The summed E-state index contributed by atoms with van der Waals surface area (Å²) in [4.78, 5) is 65.1. The number of nitrogens with one attached hydrogen (secondary N) is 5. The number of carboxylic acids is 1. The van der Waals surface area contributed by atoms with Crippen LogP contribution in [-0.4, -0.2) is 90.0 Å². The molecule has 1 aromatic carbocycles. The van der Waals surface area contributed by atoms with Crippen LogP contribution in [-0.2, 0) is 38.4 Å². The molecule has 3 amide bonds. The van der Waals surface area contributed by atoms with Gasteiger partial charge in [-0.2, -0.15) is 11.8 Å². The smallest absolute Gasteiger partial charge is 0.326 e. The minimum Gasteiger partial charge on any atom is -0.508 e. The van der Waals surface area contributed by atoms with E-state index in [1.54, 1.807) is 12.1 Å². The van der Waals surface area contributed by atoms with Gasteiger partial charge in [0.2, 0.25) is 17.7 Å². The largest absolute Gasteiger partial charge is 0.508 e. The van der Waals surface area contributed by atoms with Crippen molar-refractivity contribution in [2.45, 2.75) is 49.9 Å². The molecule has 15 heteroatoms. The third kappa shape index (κ3) is 9.95. The number of carboxylic acid groups (broad SMARTS) is 1. The topological polar surface area (TPSA) is 228 Å². The summed E-state index contributed by atoms with van der Waals surface area (Å²) < 4.78 is 0. The van der Waals surface area contributed by atoms with Crippen LogP contribution in [0.3, 0.4) is 0 Å². The average Bonchev–Trinajstić information content (AvgIpc) is 3.66. The number of H-pyrrole nitrogens is 2. The fourth-order valence-electron chi connectivity index (χ4n) is 3.92. The van der Waals surface area contributed by atoms with Gasteiger partial charge >= 0.3 is 5.97 Å². The maximum atomic E-state index is 13.5. The predicted octanol–water partition coefficient (Wildman–Crippen LogP) is -0.514. The second-order valence-corrected chi connectivity index (χ2v) is 10.3. The molecule has 14 nitrogen and oxygen atoms in total. The number of amides is 3. The number of hydrogen-bond acceptors (Lipinski definition) is 9. The Hall–Kier alpha value is -4.37. The number of nitrogens with zero attached hydrogens (tertiary/aromatic N) is 2. The van der Waals surface area contributed by atoms with Gasteiger partial charge in [-0.05, 0) is 36.1 Å². The van der Waals surface area contributed by atoms with Gasteiger partial charge in [0.15, 0.2) is 0 Å². The average molecular weight is 587 g/mol. The van der Waals surface area contributed by atoms with Crippen LogP contribution < -0.4 is 21.7 Å². The Morgan fingerprint density at radius 2 is 1.37 bits per heavy atom. The third-order valence-electron chi connectivity index (χ3n) is 6.18. The molecule has 9 N–H and O–H groups in total. The van der Waals surface area contributed by atoms with E-state index in [0.29, 0.717) is 29.1 Å². The third-order valence-corrected chi connectivity index (χ3v) is 6.83. The summed E-state index contributed by atoms with van der Waals surface area (Å²) in [6.45, 7) is 0. The lowest BCUT2D eigenvalue weighted by Gasteiger charge is -2.25. The van der Waals surface area contributed by atoms with Crippen molar-refractivity contribution in [1.82, 2.24) is 35.9 Å². The molecule has 0 bridgehead atoms. The van der Waals surface area contributed by atoms with Gasteiger partial charge in [0.25, 0.3) is 0 Å². The number of aromatic nitrogens is 4. The van der Waals surface area contributed by atoms with Gasteiger partial charge < -0.3 is 41.9 Å². The summed E-state index contributed by atoms with van der Waals surface area (Å²) in [5.74, 6) is -2.55. The van der Waals surface area contributed by atoms with E-state index in [0.717, 1.165) is 0 Å². The quantitative estimate of drug-likeness (QED) is 0.107. The number of aromatic amines is 2. The zero-order valence-electron chi connectivity index (χ0n) is 22.4. The van der Waals surface area contributed by atoms with Crippen LogP contribution in [0.2, 0.25) is 0 Å². The van der Waals surface area contributed by atoms with Gasteiger partial charge in [-0.1, -0.05) is 12.1 Å². The van der Waals surface area contributed by atoms with E-state index < -0.39 is 47.9 Å². The molecule has 4 atom stereocenters. The fourth-order valence-corrected chi connectivity index (χ4v) is 4.41. The Kier molecular flexibility index (Phi) is 11.7. The van der Waals surface area contributed by atoms with Gasteiger partial charge in [-0.15, -0.1) is 0 Å². The van der Waals surface area contributed by atoms with Crippen LogP contribution in [0.5, 0.6) is 5.75 Å². The summed E-state index contributed by atoms with van der Waals surface area (Å²) in [5, 5.41) is 27.2. The first-order valence-electron chi connectivity index (χ1n) is 12.8. The summed E-state index contributed by atoms with van der Waals surface area (Å²) >= 11 is 1.54. The second kappa shape index (κ2) is 15.4. The zero-order valence-corrected chi connectivity index (χ0v) is 23.2. The summed E-state index contributed by atoms with van der Waals surface area (Å²) in [6.07, 6.45) is 8.04. The standard InChI is InChI=1S/C26H34N8O6S/c1-41-7-6-19(27)23(36)32-21(9-16-11-28-13-30-16)25(38)33-20(8-15-2-4-18(35)5-3-15)24(37)34-22(26(39)40)10-17-12-29-14-31-17/h2-5,11-14,19-22,35H,6-10,27H2,1H3,(H,28,30)(H,29,31)(H,32,36)(H,33,38)(H,34,37)(H,39,40). The summed E-state index contributed by atoms with van der Waals surface area (Å²) in [5.41, 5.74) is 7.66. The molecule has 0 aliphatic rings. The Bertz CT molecular complexity index is 1270. The van der Waals surface area contributed by atoms with Gasteiger partial charge in [0.1, 0.15) is 23.9 Å². The van der Waals surface area contributed by atoms with Crippen molar-refractivity contribution in [3.8, 4) is 5.75 Å². The van der Waals surface area contributed by atoms with E-state index in [-0.39, 0.29) is 25.0 Å². The molecule has 0 saturated heterocycles. The molecule has 3 aromatic rings. The lowest BCUT2D eigenvalue weighted by molar-refractivity contribution is -0.142. The summed E-state index contributed by atoms with van der Waals surface area (Å²) in [6, 6.07) is 1.54. The van der Waals surface area contributed by atoms with Crippen molar-refractivity contribution in [3.05, 3.63) is 66.3 Å². The normalized spacial score (nSPS) is 13.9. The molecule has 0 aliphatic heterocycles. The molecule has 220 valence electrons. The van der Waals surface area contributed by atoms with Crippen molar-refractivity contribution in [3.63, 3.8) is 0 Å². The van der Waals surface area contributed by atoms with E-state index in [4.69, 9.17) is 5.73 Å². The number of hydrogen-bond donors (Lipinski definition) is 8. The molecule has 0 aliphatic carbocycles. The molecule has 0 radical (unpaired) electrons. The lowest BCUT2D eigenvalue weighted by atomic mass is 10.0. The molecule has 0 saturated carbocycles. The van der Waals surface area contributed by atoms with Gasteiger partial charge in [-0.25, -0.2) is 14.8 Å². The highest BCUT2D eigenvalue weighted by atomic mass is 32.2. The number of rotatable bonds is 16. The van der Waals surface area contributed by atoms with Crippen LogP contribution in [0, 0.1) is 0 Å². The maximum absolute atomic E-state index is 13.5. The van der Waals surface area contributed by atoms with Crippen molar-refractivity contribution >= 4 is 35.5 Å². The molecular formula is C26H34N8O6S. The minimum atomic E-state index is -1.31. The number of nitrogens with two attached hydrogens (primary N) is 1. The van der Waals surface area contributed by atoms with E-state index in [9.17, 15) is 29.4 Å². The fraction of sp³-hybridized carbons (Fsp3) is 0.385. The van der Waals surface area contributed by atoms with Crippen LogP contribution in [0.15, 0.2) is 49.3 Å². The summed E-state index contributed by atoms with van der Waals surface area (Å²) in [7, 11) is 0. The van der Waals surface area contributed by atoms with Crippen molar-refractivity contribution in [2.24, 2.45) is 5.73 Å². The zero-order chi connectivity index (χ0) is 29.8. The minimum absolute atomic E-state index is 0.0180. The Labute approximate surface area is 240 Å². The van der Waals surface area contributed by atoms with Crippen molar-refractivity contribution in [1.29, 1.82) is 0 Å². The van der Waals surface area contributed by atoms with Crippen LogP contribution in [0.4, 0.5) is 0 Å². The van der Waals surface area contributed by atoms with Crippen molar-refractivity contribution < 1.29 is 29.4 Å². The van der Waals surface area contributed by atoms with Crippen LogP contribution in [0.1, 0.15) is 23.4 Å². The monoisotopic (exact) mass is 586 g/mol. The SMILES string of the molecule is CSCCC(N)C(=O)NC(Cc1cnc[nH]1)C(=O)NC(Cc1ccc(O)cc1)C(=O)NC(Cc1cnc[nH]1)C(=O)O. The molecule has 2 heterocycles. The van der Waals surface area contributed by atoms with Gasteiger partial charge in [0.05, 0.1) is 18.7 Å². The highest BCUT2D eigenvalue weighted by molar-refractivity contribution is 7.98. The number of phenols is 1. The van der Waals surface area contributed by atoms with E-state index in [2.05, 4.69) is 35.9 Å². The highest BCUT2D eigenvalue weighted by Crippen LogP contribution is 2.12. The number of carbonyl (C=O) groups is 4. The first kappa shape index (κ1) is 31.2. The number of carbonyl (C=O) groups excluding carboxylic acids is 3. The molecule has 3 rings (SSSR count). The molecule has 41 heavy (non-hydrogen) atoms. The number of thioether (sulfide) groups is 1. The molecule has 4 unspecified atom stereocenters. The number of phenolic OH excluding ortho intramolecular Hbond substituents is 1. The van der Waals surface area contributed by atoms with Crippen LogP contribution in [0.25, 0.3) is 0 Å². The second-order valence-electron chi connectivity index (χ2n) is 9.34. The maximum Gasteiger partial charge on any atom is 0.326 e. The lowest BCUT2D eigenvalue weighted by Crippen LogP contribution is -2.58. The molecule has 0 fully saturated rings. The van der Waals surface area contributed by atoms with E-state index >= 15 is 0 Å². The number of aliphatic carboxylic acids is 1. The predicted molar refractivity (Wildman–Crippen MR) is 151 cm³/mol.